The van der Waals surface area contributed by atoms with Gasteiger partial charge in [-0.1, -0.05) is 360 Å². The Kier molecular flexibility index (Phi) is 65.2. The number of esters is 2. The number of likely N-dealkylation sites (N-methyl/N-ethyl adjacent to an activating group) is 1. The third kappa shape index (κ3) is 69.8. The monoisotopic (exact) mass is 1210 g/mol. The number of nitrogens with zero attached hydrogens (tertiary/aromatic N) is 1. The Balaban J connectivity index is 3.90. The van der Waals surface area contributed by atoms with Gasteiger partial charge in [0.15, 0.2) is 6.10 Å². The molecule has 0 saturated carbocycles. The zero-order chi connectivity index (χ0) is 61.2. The summed E-state index contributed by atoms with van der Waals surface area (Å²) in [5, 5.41) is 0. The van der Waals surface area contributed by atoms with Gasteiger partial charge in [0.1, 0.15) is 19.8 Å². The minimum absolute atomic E-state index is 0.0370. The summed E-state index contributed by atoms with van der Waals surface area (Å²) in [5.74, 6) is -0.768. The predicted octanol–water partition coefficient (Wildman–Crippen LogP) is 24.3. The minimum atomic E-state index is -4.39. The van der Waals surface area contributed by atoms with Gasteiger partial charge in [-0.25, -0.2) is 4.57 Å². The molecule has 0 bridgehead atoms. The van der Waals surface area contributed by atoms with E-state index in [9.17, 15) is 19.0 Å². The number of allylic oxidation sites excluding steroid dienone is 2. The van der Waals surface area contributed by atoms with Gasteiger partial charge in [-0.15, -0.1) is 0 Å². The first-order valence-electron chi connectivity index (χ1n) is 37.4. The first-order valence-corrected chi connectivity index (χ1v) is 38.9. The lowest BCUT2D eigenvalue weighted by atomic mass is 10.0. The molecule has 500 valence electrons. The van der Waals surface area contributed by atoms with Gasteiger partial charge in [-0.2, -0.15) is 0 Å². The van der Waals surface area contributed by atoms with Gasteiger partial charge in [0, 0.05) is 12.8 Å². The fourth-order valence-corrected chi connectivity index (χ4v) is 12.3. The van der Waals surface area contributed by atoms with Gasteiger partial charge in [0.25, 0.3) is 0 Å². The van der Waals surface area contributed by atoms with E-state index in [0.717, 1.165) is 38.5 Å². The van der Waals surface area contributed by atoms with E-state index < -0.39 is 26.5 Å². The van der Waals surface area contributed by atoms with E-state index in [-0.39, 0.29) is 25.6 Å². The number of rotatable bonds is 71. The highest BCUT2D eigenvalue weighted by molar-refractivity contribution is 7.47. The van der Waals surface area contributed by atoms with Crippen molar-refractivity contribution in [3.63, 3.8) is 0 Å². The second-order valence-corrected chi connectivity index (χ2v) is 28.5. The summed E-state index contributed by atoms with van der Waals surface area (Å²) in [6, 6.07) is 0. The lowest BCUT2D eigenvalue weighted by Crippen LogP contribution is -2.37. The number of quaternary nitrogens is 1. The first-order chi connectivity index (χ1) is 41.0. The quantitative estimate of drug-likeness (QED) is 0.0211. The van der Waals surface area contributed by atoms with E-state index in [2.05, 4.69) is 26.0 Å². The molecule has 10 heteroatoms. The highest BCUT2D eigenvalue weighted by Gasteiger charge is 2.27. The van der Waals surface area contributed by atoms with Crippen molar-refractivity contribution in [2.45, 2.75) is 405 Å². The summed E-state index contributed by atoms with van der Waals surface area (Å²) < 4.78 is 34.8. The maximum absolute atomic E-state index is 12.9. The van der Waals surface area contributed by atoms with Crippen molar-refractivity contribution in [2.75, 3.05) is 47.5 Å². The Morgan fingerprint density at radius 1 is 0.357 bits per heavy atom. The summed E-state index contributed by atoms with van der Waals surface area (Å²) in [5.41, 5.74) is 0. The summed E-state index contributed by atoms with van der Waals surface area (Å²) in [6.45, 7) is 4.52. The van der Waals surface area contributed by atoms with E-state index >= 15 is 0 Å². The van der Waals surface area contributed by atoms with Crippen molar-refractivity contribution in [1.82, 2.24) is 0 Å². The molecule has 0 heterocycles. The molecule has 0 fully saturated rings. The molecule has 1 N–H and O–H groups in total. The van der Waals surface area contributed by atoms with Crippen molar-refractivity contribution in [1.29, 1.82) is 0 Å². The molecule has 0 aliphatic carbocycles. The van der Waals surface area contributed by atoms with Crippen LogP contribution < -0.4 is 0 Å². The molecule has 0 aliphatic rings. The number of unbranched alkanes of at least 4 members (excludes halogenated alkanes) is 55. The Labute approximate surface area is 524 Å². The van der Waals surface area contributed by atoms with Crippen LogP contribution in [-0.2, 0) is 32.7 Å². The summed E-state index contributed by atoms with van der Waals surface area (Å²) >= 11 is 0. The van der Waals surface area contributed by atoms with E-state index in [1.807, 2.05) is 21.1 Å². The average molecular weight is 1210 g/mol. The highest BCUT2D eigenvalue weighted by Crippen LogP contribution is 2.43. The molecule has 0 radical (unpaired) electrons. The van der Waals surface area contributed by atoms with Gasteiger partial charge in [-0.05, 0) is 38.5 Å². The van der Waals surface area contributed by atoms with Gasteiger partial charge < -0.3 is 18.9 Å². The molecule has 0 aliphatic heterocycles. The third-order valence-corrected chi connectivity index (χ3v) is 18.3. The Morgan fingerprint density at radius 3 is 0.881 bits per heavy atom. The molecule has 0 aromatic rings. The second-order valence-electron chi connectivity index (χ2n) is 27.0. The van der Waals surface area contributed by atoms with Crippen LogP contribution in [0.15, 0.2) is 12.2 Å². The van der Waals surface area contributed by atoms with Gasteiger partial charge in [0.05, 0.1) is 27.7 Å². The fourth-order valence-electron chi connectivity index (χ4n) is 11.5. The van der Waals surface area contributed by atoms with Crippen molar-refractivity contribution in [3.8, 4) is 0 Å². The van der Waals surface area contributed by atoms with E-state index in [1.54, 1.807) is 0 Å². The Bertz CT molecular complexity index is 1420. The molecular weight excluding hydrogens is 1060 g/mol. The number of hydrogen-bond acceptors (Lipinski definition) is 7. The van der Waals surface area contributed by atoms with Crippen LogP contribution in [0.4, 0.5) is 0 Å². The van der Waals surface area contributed by atoms with Crippen LogP contribution in [0.5, 0.6) is 0 Å². The number of phosphoric acid groups is 1. The van der Waals surface area contributed by atoms with Crippen LogP contribution in [-0.4, -0.2) is 74.9 Å². The second kappa shape index (κ2) is 66.2. The molecule has 0 rings (SSSR count). The van der Waals surface area contributed by atoms with Crippen molar-refractivity contribution >= 4 is 19.8 Å². The number of carbonyl (C=O) groups is 2. The van der Waals surface area contributed by atoms with Crippen LogP contribution in [0.25, 0.3) is 0 Å². The van der Waals surface area contributed by atoms with Crippen LogP contribution in [0, 0.1) is 0 Å². The molecule has 9 nitrogen and oxygen atoms in total. The number of ether oxygens (including phenoxy) is 2. The van der Waals surface area contributed by atoms with E-state index in [4.69, 9.17) is 18.5 Å². The SMILES string of the molecule is CCCCCCCCCC/C=C\CCCCCCCCCCCCCCCCCCCCCCCCCCCC(=O)OC(COC(=O)CCCCCCCCCCCCCCCCCCCCCCCCC)COP(=O)(O)OCC[N+](C)(C)C. The summed E-state index contributed by atoms with van der Waals surface area (Å²) in [7, 11) is 1.51. The molecular formula is C74H147NO8P+. The van der Waals surface area contributed by atoms with Gasteiger partial charge >= 0.3 is 19.8 Å². The zero-order valence-electron chi connectivity index (χ0n) is 57.2. The molecule has 0 saturated heterocycles. The predicted molar refractivity (Wildman–Crippen MR) is 363 cm³/mol. The Hall–Kier alpha value is -1.25. The number of hydrogen-bond donors (Lipinski definition) is 1. The number of carbonyl (C=O) groups excluding carboxylic acids is 2. The van der Waals surface area contributed by atoms with Gasteiger partial charge in [-0.3, -0.25) is 18.6 Å². The molecule has 0 amide bonds. The largest absolute Gasteiger partial charge is 0.472 e. The van der Waals surface area contributed by atoms with Crippen molar-refractivity contribution in [3.05, 3.63) is 12.2 Å². The fraction of sp³-hybridized carbons (Fsp3) is 0.946. The molecule has 0 aromatic carbocycles. The molecule has 2 atom stereocenters. The zero-order valence-corrected chi connectivity index (χ0v) is 58.1. The minimum Gasteiger partial charge on any atom is -0.462 e. The first kappa shape index (κ1) is 82.8. The van der Waals surface area contributed by atoms with Crippen molar-refractivity contribution in [2.24, 2.45) is 0 Å². The van der Waals surface area contributed by atoms with E-state index in [1.165, 1.54) is 334 Å². The normalized spacial score (nSPS) is 13.1. The summed E-state index contributed by atoms with van der Waals surface area (Å²) in [4.78, 5) is 35.9. The maximum atomic E-state index is 12.9. The molecule has 0 spiro atoms. The smallest absolute Gasteiger partial charge is 0.462 e. The van der Waals surface area contributed by atoms with Crippen LogP contribution in [0.2, 0.25) is 0 Å². The molecule has 84 heavy (non-hydrogen) atoms. The van der Waals surface area contributed by atoms with Crippen LogP contribution in [0.3, 0.4) is 0 Å². The van der Waals surface area contributed by atoms with Crippen molar-refractivity contribution < 1.29 is 42.1 Å². The van der Waals surface area contributed by atoms with Gasteiger partial charge in [0.2, 0.25) is 0 Å². The maximum Gasteiger partial charge on any atom is 0.472 e. The third-order valence-electron chi connectivity index (χ3n) is 17.3. The Morgan fingerprint density at radius 2 is 0.607 bits per heavy atom. The van der Waals surface area contributed by atoms with E-state index in [0.29, 0.717) is 17.4 Å². The molecule has 2 unspecified atom stereocenters. The molecule has 0 aromatic heterocycles. The summed E-state index contributed by atoms with van der Waals surface area (Å²) in [6.07, 6.45) is 82.1. The lowest BCUT2D eigenvalue weighted by molar-refractivity contribution is -0.870. The number of phosphoric ester groups is 1. The van der Waals surface area contributed by atoms with Crippen LogP contribution >= 0.6 is 7.82 Å². The average Bonchev–Trinajstić information content (AvgIpc) is 3.61. The highest BCUT2D eigenvalue weighted by atomic mass is 31.2. The topological polar surface area (TPSA) is 108 Å². The lowest BCUT2D eigenvalue weighted by Gasteiger charge is -2.24. The van der Waals surface area contributed by atoms with Crippen LogP contribution in [0.1, 0.15) is 399 Å². The standard InChI is InChI=1S/C74H146NO8P/c1-6-8-10-12-14-16-18-20-22-24-26-28-30-31-32-33-34-35-36-37-38-39-40-41-42-43-45-47-49-51-53-55-57-59-61-63-65-67-74(77)83-72(71-82-84(78,79)81-69-68-75(3,4)5)70-80-73(76)66-64-62-60-58-56-54-52-50-48-46-44-29-27-25-23-21-19-17-15-13-11-9-7-2/h24,26,72H,6-23,25,27-71H2,1-5H3/p+1/b26-24-.